The van der Waals surface area contributed by atoms with Gasteiger partial charge in [0.25, 0.3) is 0 Å². The first-order valence-electron chi connectivity index (χ1n) is 23.8. The van der Waals surface area contributed by atoms with Gasteiger partial charge in [0.15, 0.2) is 0 Å². The predicted octanol–water partition coefficient (Wildman–Crippen LogP) is 15.2. The fourth-order valence-electron chi connectivity index (χ4n) is 7.31. The molecule has 1 unspecified atom stereocenters. The number of aliphatic hydroxyl groups excluding tert-OH is 1. The number of unbranched alkanes of at least 4 members (excludes halogenated alkanes) is 30. The lowest BCUT2D eigenvalue weighted by Crippen LogP contribution is -2.25. The standard InChI is InChI=1S/C48H94O5/c1-5-45(4)39-35-31-27-23-19-15-12-13-17-21-25-29-33-37-41-48(51)53-43-46(49)42-52-47(50)40-36-32-28-24-20-16-11-9-7-6-8-10-14-18-22-26-30-34-38-44(2)3/h44-46,49H,5-43H2,1-4H3/t45?,46-/m1/s1. The molecule has 0 spiro atoms. The van der Waals surface area contributed by atoms with Crippen molar-refractivity contribution in [2.75, 3.05) is 13.2 Å². The molecule has 2 atom stereocenters. The number of carbonyl (C=O) groups excluding carboxylic acids is 2. The molecule has 5 heteroatoms. The van der Waals surface area contributed by atoms with Crippen LogP contribution < -0.4 is 0 Å². The largest absolute Gasteiger partial charge is 0.463 e. The third-order valence-electron chi connectivity index (χ3n) is 11.3. The Morgan fingerprint density at radius 3 is 0.906 bits per heavy atom. The molecule has 0 rings (SSSR count). The van der Waals surface area contributed by atoms with Crippen LogP contribution in [0.2, 0.25) is 0 Å². The minimum absolute atomic E-state index is 0.108. The van der Waals surface area contributed by atoms with Gasteiger partial charge in [-0.05, 0) is 24.7 Å². The zero-order valence-electron chi connectivity index (χ0n) is 36.4. The second kappa shape index (κ2) is 42.1. The van der Waals surface area contributed by atoms with Crippen molar-refractivity contribution >= 4 is 11.9 Å². The molecule has 5 nitrogen and oxygen atoms in total. The Balaban J connectivity index is 3.35. The third kappa shape index (κ3) is 43.5. The highest BCUT2D eigenvalue weighted by molar-refractivity contribution is 5.69. The fourth-order valence-corrected chi connectivity index (χ4v) is 7.31. The van der Waals surface area contributed by atoms with Gasteiger partial charge in [0.05, 0.1) is 0 Å². The van der Waals surface area contributed by atoms with Crippen molar-refractivity contribution < 1.29 is 24.2 Å². The summed E-state index contributed by atoms with van der Waals surface area (Å²) in [5, 5.41) is 10.1. The molecule has 0 fully saturated rings. The topological polar surface area (TPSA) is 72.8 Å². The molecule has 0 aromatic carbocycles. The van der Waals surface area contributed by atoms with Crippen molar-refractivity contribution in [2.24, 2.45) is 11.8 Å². The van der Waals surface area contributed by atoms with Gasteiger partial charge in [-0.25, -0.2) is 0 Å². The average Bonchev–Trinajstić information content (AvgIpc) is 3.14. The minimum Gasteiger partial charge on any atom is -0.463 e. The first-order chi connectivity index (χ1) is 25.8. The molecule has 0 aromatic heterocycles. The van der Waals surface area contributed by atoms with Gasteiger partial charge in [-0.1, -0.05) is 240 Å². The lowest BCUT2D eigenvalue weighted by Gasteiger charge is -2.12. The van der Waals surface area contributed by atoms with Gasteiger partial charge < -0.3 is 14.6 Å². The fraction of sp³-hybridized carbons (Fsp3) is 0.958. The van der Waals surface area contributed by atoms with Crippen LogP contribution in [0.4, 0.5) is 0 Å². The summed E-state index contributed by atoms with van der Waals surface area (Å²) in [5.41, 5.74) is 0. The zero-order valence-corrected chi connectivity index (χ0v) is 36.4. The Bertz CT molecular complexity index is 752. The number of esters is 2. The lowest BCUT2D eigenvalue weighted by atomic mass is 9.99. The summed E-state index contributed by atoms with van der Waals surface area (Å²) in [6.45, 7) is 9.11. The number of ether oxygens (including phenoxy) is 2. The Kier molecular flexibility index (Phi) is 41.2. The normalized spacial score (nSPS) is 12.7. The molecule has 0 radical (unpaired) electrons. The molecular weight excluding hydrogens is 657 g/mol. The highest BCUT2D eigenvalue weighted by Crippen LogP contribution is 2.18. The van der Waals surface area contributed by atoms with Gasteiger partial charge in [0.2, 0.25) is 0 Å². The van der Waals surface area contributed by atoms with Crippen molar-refractivity contribution in [2.45, 2.75) is 271 Å². The maximum Gasteiger partial charge on any atom is 0.305 e. The summed E-state index contributed by atoms with van der Waals surface area (Å²) in [4.78, 5) is 24.1. The third-order valence-corrected chi connectivity index (χ3v) is 11.3. The molecule has 0 aliphatic heterocycles. The van der Waals surface area contributed by atoms with Gasteiger partial charge >= 0.3 is 11.9 Å². The van der Waals surface area contributed by atoms with E-state index in [1.165, 1.54) is 199 Å². The number of carbonyl (C=O) groups is 2. The van der Waals surface area contributed by atoms with Crippen LogP contribution in [0, 0.1) is 11.8 Å². The molecule has 0 amide bonds. The van der Waals surface area contributed by atoms with Crippen LogP contribution in [-0.2, 0) is 19.1 Å². The van der Waals surface area contributed by atoms with Crippen molar-refractivity contribution in [1.82, 2.24) is 0 Å². The van der Waals surface area contributed by atoms with E-state index in [1.807, 2.05) is 0 Å². The van der Waals surface area contributed by atoms with E-state index in [-0.39, 0.29) is 25.2 Å². The minimum atomic E-state index is -0.957. The van der Waals surface area contributed by atoms with Crippen molar-refractivity contribution in [1.29, 1.82) is 0 Å². The van der Waals surface area contributed by atoms with Crippen LogP contribution in [0.25, 0.3) is 0 Å². The smallest absolute Gasteiger partial charge is 0.305 e. The Morgan fingerprint density at radius 2 is 0.642 bits per heavy atom. The molecule has 0 heterocycles. The molecule has 0 aromatic rings. The van der Waals surface area contributed by atoms with Crippen LogP contribution in [0.3, 0.4) is 0 Å². The monoisotopic (exact) mass is 751 g/mol. The highest BCUT2D eigenvalue weighted by Gasteiger charge is 2.12. The number of hydrogen-bond donors (Lipinski definition) is 1. The van der Waals surface area contributed by atoms with Crippen LogP contribution in [0.15, 0.2) is 0 Å². The van der Waals surface area contributed by atoms with Gasteiger partial charge in [-0.3, -0.25) is 9.59 Å². The Morgan fingerprint density at radius 1 is 0.396 bits per heavy atom. The molecule has 0 aliphatic carbocycles. The maximum absolute atomic E-state index is 12.0. The molecule has 53 heavy (non-hydrogen) atoms. The average molecular weight is 751 g/mol. The van der Waals surface area contributed by atoms with E-state index in [9.17, 15) is 14.7 Å². The van der Waals surface area contributed by atoms with E-state index in [0.29, 0.717) is 12.8 Å². The Hall–Kier alpha value is -1.10. The molecule has 1 N–H and O–H groups in total. The summed E-state index contributed by atoms with van der Waals surface area (Å²) in [7, 11) is 0. The van der Waals surface area contributed by atoms with E-state index in [4.69, 9.17) is 9.47 Å². The lowest BCUT2D eigenvalue weighted by molar-refractivity contribution is -0.152. The second-order valence-electron chi connectivity index (χ2n) is 17.3. The van der Waals surface area contributed by atoms with E-state index >= 15 is 0 Å². The van der Waals surface area contributed by atoms with E-state index in [2.05, 4.69) is 27.7 Å². The summed E-state index contributed by atoms with van der Waals surface area (Å²) < 4.78 is 10.4. The van der Waals surface area contributed by atoms with E-state index < -0.39 is 6.10 Å². The number of rotatable bonds is 43. The van der Waals surface area contributed by atoms with Gasteiger partial charge in [0.1, 0.15) is 19.3 Å². The quantitative estimate of drug-likeness (QED) is 0.0496. The summed E-state index contributed by atoms with van der Waals surface area (Å²) in [6, 6.07) is 0. The molecule has 0 saturated heterocycles. The van der Waals surface area contributed by atoms with Gasteiger partial charge in [0, 0.05) is 12.8 Å². The number of aliphatic hydroxyl groups is 1. The van der Waals surface area contributed by atoms with Crippen LogP contribution in [-0.4, -0.2) is 36.4 Å². The molecule has 0 saturated carbocycles. The summed E-state index contributed by atoms with van der Waals surface area (Å²) in [5.74, 6) is 1.22. The maximum atomic E-state index is 12.0. The molecule has 0 aliphatic rings. The first kappa shape index (κ1) is 51.9. The Labute approximate surface area is 331 Å². The van der Waals surface area contributed by atoms with Crippen molar-refractivity contribution in [3.63, 3.8) is 0 Å². The number of hydrogen-bond acceptors (Lipinski definition) is 5. The first-order valence-corrected chi connectivity index (χ1v) is 23.8. The zero-order chi connectivity index (χ0) is 38.9. The SMILES string of the molecule is CCC(C)CCCCCCCCCCCCCCCCC(=O)OC[C@H](O)COC(=O)CCCCCCCCCCCCCCCCCCCCC(C)C. The second-order valence-corrected chi connectivity index (χ2v) is 17.3. The van der Waals surface area contributed by atoms with Crippen LogP contribution in [0.5, 0.6) is 0 Å². The van der Waals surface area contributed by atoms with Gasteiger partial charge in [-0.2, -0.15) is 0 Å². The van der Waals surface area contributed by atoms with Crippen LogP contribution >= 0.6 is 0 Å². The van der Waals surface area contributed by atoms with Crippen LogP contribution in [0.1, 0.15) is 265 Å². The van der Waals surface area contributed by atoms with Crippen molar-refractivity contribution in [3.05, 3.63) is 0 Å². The van der Waals surface area contributed by atoms with E-state index in [1.54, 1.807) is 0 Å². The summed E-state index contributed by atoms with van der Waals surface area (Å²) >= 11 is 0. The molecule has 0 bridgehead atoms. The predicted molar refractivity (Wildman–Crippen MR) is 228 cm³/mol. The highest BCUT2D eigenvalue weighted by atomic mass is 16.6. The van der Waals surface area contributed by atoms with Gasteiger partial charge in [-0.15, -0.1) is 0 Å². The summed E-state index contributed by atoms with van der Waals surface area (Å²) in [6.07, 6.45) is 46.0. The van der Waals surface area contributed by atoms with Crippen molar-refractivity contribution in [3.8, 4) is 0 Å². The van der Waals surface area contributed by atoms with E-state index in [0.717, 1.165) is 37.5 Å². The molecule has 316 valence electrons. The molecular formula is C48H94O5.